The lowest BCUT2D eigenvalue weighted by Crippen LogP contribution is -2.33. The number of nitrogens with zero attached hydrogens (tertiary/aromatic N) is 1. The molecule has 0 bridgehead atoms. The molecule has 1 aliphatic rings. The fraction of sp³-hybridized carbons (Fsp3) is 0.375. The number of nitrogens with one attached hydrogen (secondary N) is 2. The summed E-state index contributed by atoms with van der Waals surface area (Å²) in [7, 11) is 0. The summed E-state index contributed by atoms with van der Waals surface area (Å²) in [5, 5.41) is 5.70. The first-order valence-corrected chi connectivity index (χ1v) is 10.6. The van der Waals surface area contributed by atoms with Gasteiger partial charge in [0.05, 0.1) is 5.92 Å². The van der Waals surface area contributed by atoms with Gasteiger partial charge < -0.3 is 20.3 Å². The van der Waals surface area contributed by atoms with Crippen LogP contribution in [-0.2, 0) is 14.4 Å². The Kier molecular flexibility index (Phi) is 7.28. The van der Waals surface area contributed by atoms with E-state index < -0.39 is 0 Å². The molecule has 3 rings (SSSR count). The number of ether oxygens (including phenoxy) is 1. The van der Waals surface area contributed by atoms with Crippen molar-refractivity contribution in [1.29, 1.82) is 0 Å². The summed E-state index contributed by atoms with van der Waals surface area (Å²) < 4.78 is 5.57. The molecule has 1 heterocycles. The number of anilines is 2. The summed E-state index contributed by atoms with van der Waals surface area (Å²) in [5.74, 6) is -0.190. The van der Waals surface area contributed by atoms with E-state index in [1.54, 1.807) is 29.2 Å². The Morgan fingerprint density at radius 1 is 1.13 bits per heavy atom. The second kappa shape index (κ2) is 10.1. The second-order valence-electron chi connectivity index (χ2n) is 7.85. The van der Waals surface area contributed by atoms with Crippen molar-refractivity contribution < 1.29 is 19.1 Å². The molecule has 3 amide bonds. The molecule has 1 saturated heterocycles. The Bertz CT molecular complexity index is 956. The van der Waals surface area contributed by atoms with Crippen LogP contribution in [0, 0.1) is 19.8 Å². The summed E-state index contributed by atoms with van der Waals surface area (Å²) in [5.41, 5.74) is 3.60. The van der Waals surface area contributed by atoms with Gasteiger partial charge in [-0.15, -0.1) is 0 Å². The van der Waals surface area contributed by atoms with Crippen molar-refractivity contribution in [3.8, 4) is 5.75 Å². The number of aryl methyl sites for hydroxylation is 2. The number of rotatable bonds is 8. The first-order chi connectivity index (χ1) is 14.9. The largest absolute Gasteiger partial charge is 0.484 e. The minimum atomic E-state index is -0.330. The van der Waals surface area contributed by atoms with Crippen LogP contribution in [0.15, 0.2) is 42.5 Å². The maximum Gasteiger partial charge on any atom is 0.262 e. The molecule has 0 spiro atoms. The normalized spacial score (nSPS) is 15.6. The van der Waals surface area contributed by atoms with Gasteiger partial charge in [-0.25, -0.2) is 0 Å². The summed E-state index contributed by atoms with van der Waals surface area (Å²) >= 11 is 0. The standard InChI is InChI=1S/C24H29N3O4/c1-4-11-25-24(30)18-13-23(29)27(14-18)19-6-8-20(9-7-19)31-15-22(28)26-21-10-5-16(2)12-17(21)3/h5-10,12,18H,4,11,13-15H2,1-3H3,(H,25,30)(H,26,28)/t18-/m1/s1. The van der Waals surface area contributed by atoms with Gasteiger partial charge in [-0.2, -0.15) is 0 Å². The van der Waals surface area contributed by atoms with E-state index in [4.69, 9.17) is 4.74 Å². The summed E-state index contributed by atoms with van der Waals surface area (Å²) in [6.45, 7) is 6.81. The van der Waals surface area contributed by atoms with Crippen LogP contribution in [0.4, 0.5) is 11.4 Å². The van der Waals surface area contributed by atoms with Crippen molar-refractivity contribution in [3.05, 3.63) is 53.6 Å². The number of hydrogen-bond donors (Lipinski definition) is 2. The van der Waals surface area contributed by atoms with E-state index in [9.17, 15) is 14.4 Å². The molecule has 0 aromatic heterocycles. The van der Waals surface area contributed by atoms with Crippen LogP contribution in [-0.4, -0.2) is 37.4 Å². The van der Waals surface area contributed by atoms with Crippen LogP contribution in [0.3, 0.4) is 0 Å². The van der Waals surface area contributed by atoms with Crippen LogP contribution in [0.1, 0.15) is 30.9 Å². The first-order valence-electron chi connectivity index (χ1n) is 10.6. The number of benzene rings is 2. The molecule has 0 radical (unpaired) electrons. The van der Waals surface area contributed by atoms with Gasteiger partial charge in [-0.05, 0) is 56.2 Å². The summed E-state index contributed by atoms with van der Waals surface area (Å²) in [6, 6.07) is 12.8. The van der Waals surface area contributed by atoms with E-state index in [1.165, 1.54) is 0 Å². The van der Waals surface area contributed by atoms with Crippen LogP contribution in [0.25, 0.3) is 0 Å². The Balaban J connectivity index is 1.52. The van der Waals surface area contributed by atoms with Gasteiger partial charge in [0.25, 0.3) is 5.91 Å². The van der Waals surface area contributed by atoms with E-state index in [-0.39, 0.29) is 36.7 Å². The van der Waals surface area contributed by atoms with Crippen LogP contribution in [0.5, 0.6) is 5.75 Å². The van der Waals surface area contributed by atoms with E-state index in [0.717, 1.165) is 23.2 Å². The monoisotopic (exact) mass is 423 g/mol. The SMILES string of the molecule is CCCNC(=O)[C@@H]1CC(=O)N(c2ccc(OCC(=O)Nc3ccc(C)cc3C)cc2)C1. The Morgan fingerprint density at radius 2 is 1.87 bits per heavy atom. The molecule has 2 aromatic carbocycles. The van der Waals surface area contributed by atoms with E-state index in [2.05, 4.69) is 10.6 Å². The third-order valence-electron chi connectivity index (χ3n) is 5.22. The van der Waals surface area contributed by atoms with Gasteiger partial charge in [0, 0.05) is 30.9 Å². The Hall–Kier alpha value is -3.35. The van der Waals surface area contributed by atoms with Crippen molar-refractivity contribution in [2.75, 3.05) is 29.9 Å². The molecule has 7 heteroatoms. The zero-order valence-electron chi connectivity index (χ0n) is 18.2. The Labute approximate surface area is 182 Å². The average molecular weight is 424 g/mol. The highest BCUT2D eigenvalue weighted by molar-refractivity contribution is 6.00. The zero-order valence-corrected chi connectivity index (χ0v) is 18.2. The molecule has 0 saturated carbocycles. The average Bonchev–Trinajstić information content (AvgIpc) is 3.14. The molecule has 1 atom stereocenters. The van der Waals surface area contributed by atoms with E-state index in [1.807, 2.05) is 39.0 Å². The van der Waals surface area contributed by atoms with Gasteiger partial charge in [0.1, 0.15) is 5.75 Å². The second-order valence-corrected chi connectivity index (χ2v) is 7.85. The van der Waals surface area contributed by atoms with Crippen molar-refractivity contribution in [1.82, 2.24) is 5.32 Å². The molecule has 31 heavy (non-hydrogen) atoms. The first kappa shape index (κ1) is 22.3. The van der Waals surface area contributed by atoms with Gasteiger partial charge in [0.15, 0.2) is 6.61 Å². The lowest BCUT2D eigenvalue weighted by Gasteiger charge is -2.17. The minimum absolute atomic E-state index is 0.0711. The third-order valence-corrected chi connectivity index (χ3v) is 5.22. The molecule has 2 aromatic rings. The molecular weight excluding hydrogens is 394 g/mol. The topological polar surface area (TPSA) is 87.7 Å². The predicted molar refractivity (Wildman–Crippen MR) is 120 cm³/mol. The highest BCUT2D eigenvalue weighted by atomic mass is 16.5. The smallest absolute Gasteiger partial charge is 0.262 e. The maximum absolute atomic E-state index is 12.3. The highest BCUT2D eigenvalue weighted by Crippen LogP contribution is 2.27. The van der Waals surface area contributed by atoms with Gasteiger partial charge >= 0.3 is 0 Å². The van der Waals surface area contributed by atoms with E-state index >= 15 is 0 Å². The lowest BCUT2D eigenvalue weighted by atomic mass is 10.1. The number of carbonyl (C=O) groups is 3. The van der Waals surface area contributed by atoms with Crippen LogP contribution >= 0.6 is 0 Å². The van der Waals surface area contributed by atoms with Crippen LogP contribution in [0.2, 0.25) is 0 Å². The van der Waals surface area contributed by atoms with Crippen molar-refractivity contribution in [2.45, 2.75) is 33.6 Å². The van der Waals surface area contributed by atoms with Crippen molar-refractivity contribution in [3.63, 3.8) is 0 Å². The third kappa shape index (κ3) is 5.84. The molecule has 0 unspecified atom stereocenters. The molecule has 0 aliphatic carbocycles. The molecule has 2 N–H and O–H groups in total. The fourth-order valence-electron chi connectivity index (χ4n) is 3.54. The maximum atomic E-state index is 12.3. The molecule has 7 nitrogen and oxygen atoms in total. The van der Waals surface area contributed by atoms with Gasteiger partial charge in [0.2, 0.25) is 11.8 Å². The number of hydrogen-bond acceptors (Lipinski definition) is 4. The van der Waals surface area contributed by atoms with E-state index in [0.29, 0.717) is 24.5 Å². The number of amides is 3. The molecule has 1 fully saturated rings. The quantitative estimate of drug-likeness (QED) is 0.683. The molecular formula is C24H29N3O4. The molecule has 164 valence electrons. The zero-order chi connectivity index (χ0) is 22.4. The van der Waals surface area contributed by atoms with Crippen LogP contribution < -0.4 is 20.3 Å². The van der Waals surface area contributed by atoms with Gasteiger partial charge in [-0.1, -0.05) is 24.6 Å². The predicted octanol–water partition coefficient (Wildman–Crippen LogP) is 3.20. The lowest BCUT2D eigenvalue weighted by molar-refractivity contribution is -0.126. The minimum Gasteiger partial charge on any atom is -0.484 e. The highest BCUT2D eigenvalue weighted by Gasteiger charge is 2.34. The Morgan fingerprint density at radius 3 is 2.55 bits per heavy atom. The van der Waals surface area contributed by atoms with Crippen molar-refractivity contribution >= 4 is 29.1 Å². The summed E-state index contributed by atoms with van der Waals surface area (Å²) in [6.07, 6.45) is 1.08. The fourth-order valence-corrected chi connectivity index (χ4v) is 3.54. The van der Waals surface area contributed by atoms with Gasteiger partial charge in [-0.3, -0.25) is 14.4 Å². The number of carbonyl (C=O) groups excluding carboxylic acids is 3. The van der Waals surface area contributed by atoms with Crippen molar-refractivity contribution in [2.24, 2.45) is 5.92 Å². The molecule has 1 aliphatic heterocycles. The summed E-state index contributed by atoms with van der Waals surface area (Å²) in [4.78, 5) is 38.3.